The summed E-state index contributed by atoms with van der Waals surface area (Å²) in [6, 6.07) is 0. The minimum Gasteiger partial charge on any atom is -0.396 e. The molecule has 6 nitrogen and oxygen atoms in total. The van der Waals surface area contributed by atoms with Crippen LogP contribution in [0.4, 0.5) is 0 Å². The number of hydrogen-bond donors (Lipinski definition) is 3. The Morgan fingerprint density at radius 2 is 2.35 bits per heavy atom. The maximum Gasteiger partial charge on any atom is 0.180 e. The van der Waals surface area contributed by atoms with Gasteiger partial charge in [-0.3, -0.25) is 0 Å². The summed E-state index contributed by atoms with van der Waals surface area (Å²) in [5.74, 6) is 0.779. The lowest BCUT2D eigenvalue weighted by Gasteiger charge is -2.46. The van der Waals surface area contributed by atoms with E-state index in [0.29, 0.717) is 11.5 Å². The molecule has 0 saturated heterocycles. The lowest BCUT2D eigenvalue weighted by atomic mass is 9.60. The Hall–Kier alpha value is -1.53. The number of H-pyrrole nitrogens is 1. The van der Waals surface area contributed by atoms with Gasteiger partial charge < -0.3 is 15.2 Å². The Morgan fingerprint density at radius 3 is 2.94 bits per heavy atom. The molecule has 1 fully saturated rings. The number of rotatable bonds is 3. The molecule has 0 amide bonds. The summed E-state index contributed by atoms with van der Waals surface area (Å²) in [7, 11) is 0. The number of nitrogens with one attached hydrogen (secondary N) is 1. The van der Waals surface area contributed by atoms with E-state index >= 15 is 0 Å². The minimum absolute atomic E-state index is 0.00846. The van der Waals surface area contributed by atoms with Crippen LogP contribution in [0.5, 0.6) is 0 Å². The predicted molar refractivity (Wildman–Crippen MR) is 60.3 cm³/mol. The van der Waals surface area contributed by atoms with Gasteiger partial charge in [-0.05, 0) is 18.8 Å². The van der Waals surface area contributed by atoms with E-state index in [2.05, 4.69) is 19.9 Å². The van der Waals surface area contributed by atoms with Gasteiger partial charge >= 0.3 is 0 Å². The molecule has 2 unspecified atom stereocenters. The largest absolute Gasteiger partial charge is 0.396 e. The van der Waals surface area contributed by atoms with Crippen LogP contribution in [0.25, 0.3) is 11.2 Å². The standard InChI is InChI=1S/C11H14N4O2/c16-4-7-1-2-11(7,5-17)10-14-8-3-12-6-13-9(8)15-10/h3,6-7,16-17H,1-2,4-5H2,(H,12,13,14,15). The molecule has 1 aliphatic rings. The first-order chi connectivity index (χ1) is 8.30. The maximum atomic E-state index is 9.61. The Bertz CT molecular complexity index is 502. The van der Waals surface area contributed by atoms with Crippen molar-refractivity contribution < 1.29 is 10.2 Å². The van der Waals surface area contributed by atoms with Gasteiger partial charge in [0.2, 0.25) is 0 Å². The molecule has 0 spiro atoms. The summed E-state index contributed by atoms with van der Waals surface area (Å²) in [5, 5.41) is 18.9. The molecule has 0 aromatic carbocycles. The molecule has 2 heterocycles. The molecule has 0 aliphatic heterocycles. The average Bonchev–Trinajstić information content (AvgIpc) is 2.73. The summed E-state index contributed by atoms with van der Waals surface area (Å²) >= 11 is 0. The summed E-state index contributed by atoms with van der Waals surface area (Å²) < 4.78 is 0. The first-order valence-electron chi connectivity index (χ1n) is 5.68. The monoisotopic (exact) mass is 234 g/mol. The van der Waals surface area contributed by atoms with Crippen molar-refractivity contribution in [3.05, 3.63) is 18.3 Å². The van der Waals surface area contributed by atoms with Crippen molar-refractivity contribution in [3.8, 4) is 0 Å². The lowest BCUT2D eigenvalue weighted by molar-refractivity contribution is 0.00517. The van der Waals surface area contributed by atoms with Gasteiger partial charge in [-0.15, -0.1) is 0 Å². The van der Waals surface area contributed by atoms with E-state index in [1.54, 1.807) is 6.20 Å². The lowest BCUT2D eigenvalue weighted by Crippen LogP contribution is -2.49. The molecule has 2 aromatic rings. The first-order valence-corrected chi connectivity index (χ1v) is 5.68. The van der Waals surface area contributed by atoms with E-state index < -0.39 is 5.41 Å². The van der Waals surface area contributed by atoms with E-state index in [1.165, 1.54) is 6.33 Å². The van der Waals surface area contributed by atoms with Crippen molar-refractivity contribution in [2.45, 2.75) is 18.3 Å². The minimum atomic E-state index is -0.435. The van der Waals surface area contributed by atoms with Crippen LogP contribution in [0.1, 0.15) is 18.7 Å². The number of aliphatic hydroxyl groups is 2. The summed E-state index contributed by atoms with van der Waals surface area (Å²) in [4.78, 5) is 15.5. The van der Waals surface area contributed by atoms with E-state index in [9.17, 15) is 10.2 Å². The average molecular weight is 234 g/mol. The third-order valence-electron chi connectivity index (χ3n) is 3.86. The van der Waals surface area contributed by atoms with Crippen LogP contribution >= 0.6 is 0 Å². The number of imidazole rings is 1. The molecule has 0 radical (unpaired) electrons. The molecule has 1 aliphatic carbocycles. The zero-order valence-electron chi connectivity index (χ0n) is 9.30. The number of aromatic nitrogens is 4. The molecular weight excluding hydrogens is 220 g/mol. The highest BCUT2D eigenvalue weighted by molar-refractivity contribution is 5.69. The normalized spacial score (nSPS) is 28.2. The van der Waals surface area contributed by atoms with Crippen molar-refractivity contribution in [3.63, 3.8) is 0 Å². The van der Waals surface area contributed by atoms with Crippen molar-refractivity contribution in [1.82, 2.24) is 19.9 Å². The van der Waals surface area contributed by atoms with Crippen LogP contribution in [0, 0.1) is 5.92 Å². The highest BCUT2D eigenvalue weighted by atomic mass is 16.3. The second-order valence-electron chi connectivity index (χ2n) is 4.58. The summed E-state index contributed by atoms with van der Waals surface area (Å²) in [6.45, 7) is 0.0642. The second-order valence-corrected chi connectivity index (χ2v) is 4.58. The van der Waals surface area contributed by atoms with E-state index in [0.717, 1.165) is 18.4 Å². The molecule has 0 bridgehead atoms. The Morgan fingerprint density at radius 1 is 1.47 bits per heavy atom. The van der Waals surface area contributed by atoms with E-state index in [-0.39, 0.29) is 19.1 Å². The number of nitrogens with zero attached hydrogens (tertiary/aromatic N) is 3. The van der Waals surface area contributed by atoms with Crippen molar-refractivity contribution in [1.29, 1.82) is 0 Å². The van der Waals surface area contributed by atoms with Crippen LogP contribution in [-0.2, 0) is 5.41 Å². The summed E-state index contributed by atoms with van der Waals surface area (Å²) in [6.07, 6.45) is 4.86. The fraction of sp³-hybridized carbons (Fsp3) is 0.545. The van der Waals surface area contributed by atoms with E-state index in [1.807, 2.05) is 0 Å². The molecule has 3 rings (SSSR count). The van der Waals surface area contributed by atoms with Crippen LogP contribution < -0.4 is 0 Å². The molecule has 90 valence electrons. The van der Waals surface area contributed by atoms with Gasteiger partial charge in [-0.2, -0.15) is 0 Å². The molecule has 6 heteroatoms. The molecule has 2 aromatic heterocycles. The van der Waals surface area contributed by atoms with Crippen molar-refractivity contribution >= 4 is 11.2 Å². The fourth-order valence-corrected chi connectivity index (χ4v) is 2.56. The number of hydrogen-bond acceptors (Lipinski definition) is 5. The molecule has 1 saturated carbocycles. The highest BCUT2D eigenvalue weighted by Gasteiger charge is 2.49. The van der Waals surface area contributed by atoms with Gasteiger partial charge in [0.15, 0.2) is 5.65 Å². The van der Waals surface area contributed by atoms with Gasteiger partial charge in [0, 0.05) is 6.61 Å². The molecule has 17 heavy (non-hydrogen) atoms. The van der Waals surface area contributed by atoms with E-state index in [4.69, 9.17) is 0 Å². The van der Waals surface area contributed by atoms with Gasteiger partial charge in [-0.1, -0.05) is 0 Å². The molecule has 2 atom stereocenters. The molecule has 3 N–H and O–H groups in total. The first kappa shape index (κ1) is 10.6. The van der Waals surface area contributed by atoms with Gasteiger partial charge in [0.1, 0.15) is 17.7 Å². The van der Waals surface area contributed by atoms with Crippen LogP contribution in [0.2, 0.25) is 0 Å². The van der Waals surface area contributed by atoms with Crippen LogP contribution in [0.3, 0.4) is 0 Å². The Labute approximate surface area is 97.8 Å². The highest BCUT2D eigenvalue weighted by Crippen LogP contribution is 2.47. The van der Waals surface area contributed by atoms with Crippen LogP contribution in [-0.4, -0.2) is 43.4 Å². The third-order valence-corrected chi connectivity index (χ3v) is 3.86. The number of aliphatic hydroxyl groups excluding tert-OH is 2. The van der Waals surface area contributed by atoms with Crippen molar-refractivity contribution in [2.75, 3.05) is 13.2 Å². The second kappa shape index (κ2) is 3.75. The topological polar surface area (TPSA) is 94.9 Å². The zero-order valence-corrected chi connectivity index (χ0v) is 9.30. The van der Waals surface area contributed by atoms with Gasteiger partial charge in [0.05, 0.1) is 18.2 Å². The zero-order chi connectivity index (χ0) is 11.9. The predicted octanol–water partition coefficient (Wildman–Crippen LogP) is -0.0147. The van der Waals surface area contributed by atoms with Gasteiger partial charge in [-0.25, -0.2) is 15.0 Å². The molecular formula is C11H14N4O2. The Balaban J connectivity index is 2.07. The van der Waals surface area contributed by atoms with Gasteiger partial charge in [0.25, 0.3) is 0 Å². The van der Waals surface area contributed by atoms with Crippen LogP contribution in [0.15, 0.2) is 12.5 Å². The number of fused-ring (bicyclic) bond motifs is 1. The smallest absolute Gasteiger partial charge is 0.180 e. The number of aromatic amines is 1. The van der Waals surface area contributed by atoms with Crippen molar-refractivity contribution in [2.24, 2.45) is 5.92 Å². The third kappa shape index (κ3) is 1.37. The SMILES string of the molecule is OCC1CCC1(CO)c1nc2ncncc2[nH]1. The maximum absolute atomic E-state index is 9.61. The fourth-order valence-electron chi connectivity index (χ4n) is 2.56. The Kier molecular flexibility index (Phi) is 2.34. The summed E-state index contributed by atoms with van der Waals surface area (Å²) in [5.41, 5.74) is 0.931. The quantitative estimate of drug-likeness (QED) is 0.694.